The van der Waals surface area contributed by atoms with Crippen LogP contribution in [0.1, 0.15) is 5.69 Å². The molecular formula is C12H12FN3O. The van der Waals surface area contributed by atoms with Crippen LogP contribution in [0.4, 0.5) is 4.39 Å². The van der Waals surface area contributed by atoms with E-state index in [-0.39, 0.29) is 11.4 Å². The highest BCUT2D eigenvalue weighted by atomic mass is 19.1. The first-order valence-corrected chi connectivity index (χ1v) is 5.20. The van der Waals surface area contributed by atoms with Gasteiger partial charge in [0.05, 0.1) is 5.69 Å². The molecule has 0 aliphatic heterocycles. The van der Waals surface area contributed by atoms with Gasteiger partial charge in [0, 0.05) is 18.2 Å². The van der Waals surface area contributed by atoms with E-state index in [0.717, 1.165) is 0 Å². The van der Waals surface area contributed by atoms with Gasteiger partial charge in [-0.25, -0.2) is 9.37 Å². The number of benzene rings is 1. The molecule has 0 aliphatic rings. The molecule has 0 spiro atoms. The molecule has 2 rings (SSSR count). The van der Waals surface area contributed by atoms with Gasteiger partial charge in [0.1, 0.15) is 11.6 Å². The lowest BCUT2D eigenvalue weighted by Crippen LogP contribution is -2.14. The Balaban J connectivity index is 2.48. The van der Waals surface area contributed by atoms with Gasteiger partial charge in [-0.05, 0) is 19.2 Å². The second-order valence-electron chi connectivity index (χ2n) is 3.63. The van der Waals surface area contributed by atoms with Crippen molar-refractivity contribution in [3.63, 3.8) is 0 Å². The van der Waals surface area contributed by atoms with Crippen molar-refractivity contribution in [3.05, 3.63) is 52.2 Å². The standard InChI is InChI=1S/C12H12FN3O/c1-14-7-10-6-11(17)16-12(15-10)8-3-2-4-9(13)5-8/h2-6,14H,7H2,1H3,(H,15,16,17). The molecule has 0 radical (unpaired) electrons. The zero-order chi connectivity index (χ0) is 12.3. The van der Waals surface area contributed by atoms with Crippen LogP contribution < -0.4 is 10.9 Å². The molecule has 0 amide bonds. The molecule has 1 aromatic heterocycles. The van der Waals surface area contributed by atoms with Crippen molar-refractivity contribution in [2.75, 3.05) is 7.05 Å². The molecule has 1 aromatic carbocycles. The second kappa shape index (κ2) is 4.88. The fraction of sp³-hybridized carbons (Fsp3) is 0.167. The van der Waals surface area contributed by atoms with Crippen molar-refractivity contribution in [1.82, 2.24) is 15.3 Å². The van der Waals surface area contributed by atoms with Gasteiger partial charge >= 0.3 is 0 Å². The van der Waals surface area contributed by atoms with Crippen LogP contribution in [0, 0.1) is 5.82 Å². The first-order chi connectivity index (χ1) is 8.19. The second-order valence-corrected chi connectivity index (χ2v) is 3.63. The van der Waals surface area contributed by atoms with Crippen LogP contribution in [0.15, 0.2) is 35.1 Å². The Kier molecular flexibility index (Phi) is 3.30. The molecule has 1 heterocycles. The van der Waals surface area contributed by atoms with E-state index in [9.17, 15) is 9.18 Å². The van der Waals surface area contributed by atoms with Crippen molar-refractivity contribution >= 4 is 0 Å². The lowest BCUT2D eigenvalue weighted by molar-refractivity contribution is 0.628. The topological polar surface area (TPSA) is 57.8 Å². The van der Waals surface area contributed by atoms with Crippen LogP contribution in [0.2, 0.25) is 0 Å². The van der Waals surface area contributed by atoms with E-state index >= 15 is 0 Å². The molecule has 88 valence electrons. The summed E-state index contributed by atoms with van der Waals surface area (Å²) in [6.07, 6.45) is 0. The van der Waals surface area contributed by atoms with Crippen LogP contribution in [-0.2, 0) is 6.54 Å². The third-order valence-corrected chi connectivity index (χ3v) is 2.25. The molecule has 0 bridgehead atoms. The molecule has 2 N–H and O–H groups in total. The third-order valence-electron chi connectivity index (χ3n) is 2.25. The third kappa shape index (κ3) is 2.76. The van der Waals surface area contributed by atoms with E-state index in [1.54, 1.807) is 19.2 Å². The van der Waals surface area contributed by atoms with Crippen molar-refractivity contribution < 1.29 is 4.39 Å². The fourth-order valence-electron chi connectivity index (χ4n) is 1.55. The van der Waals surface area contributed by atoms with Gasteiger partial charge in [0.25, 0.3) is 5.56 Å². The van der Waals surface area contributed by atoms with E-state index in [2.05, 4.69) is 15.3 Å². The Labute approximate surface area is 97.5 Å². The largest absolute Gasteiger partial charge is 0.314 e. The van der Waals surface area contributed by atoms with Gasteiger partial charge in [0.15, 0.2) is 0 Å². The molecule has 0 aliphatic carbocycles. The van der Waals surface area contributed by atoms with Crippen molar-refractivity contribution in [3.8, 4) is 11.4 Å². The van der Waals surface area contributed by atoms with Crippen LogP contribution in [0.25, 0.3) is 11.4 Å². The zero-order valence-electron chi connectivity index (χ0n) is 9.33. The predicted octanol–water partition coefficient (Wildman–Crippen LogP) is 1.30. The van der Waals surface area contributed by atoms with E-state index in [1.165, 1.54) is 18.2 Å². The van der Waals surface area contributed by atoms with Gasteiger partial charge in [0.2, 0.25) is 0 Å². The van der Waals surface area contributed by atoms with Crippen molar-refractivity contribution in [2.45, 2.75) is 6.54 Å². The summed E-state index contributed by atoms with van der Waals surface area (Å²) < 4.78 is 13.1. The van der Waals surface area contributed by atoms with Gasteiger partial charge in [-0.1, -0.05) is 12.1 Å². The van der Waals surface area contributed by atoms with Gasteiger partial charge in [-0.3, -0.25) is 4.79 Å². The predicted molar refractivity (Wildman–Crippen MR) is 63.0 cm³/mol. The van der Waals surface area contributed by atoms with Gasteiger partial charge in [-0.15, -0.1) is 0 Å². The van der Waals surface area contributed by atoms with E-state index in [0.29, 0.717) is 23.6 Å². The van der Waals surface area contributed by atoms with Crippen LogP contribution >= 0.6 is 0 Å². The number of hydrogen-bond donors (Lipinski definition) is 2. The summed E-state index contributed by atoms with van der Waals surface area (Å²) in [5, 5.41) is 2.91. The number of H-pyrrole nitrogens is 1. The lowest BCUT2D eigenvalue weighted by Gasteiger charge is -2.04. The summed E-state index contributed by atoms with van der Waals surface area (Å²) in [6, 6.07) is 7.37. The van der Waals surface area contributed by atoms with Crippen LogP contribution in [0.5, 0.6) is 0 Å². The quantitative estimate of drug-likeness (QED) is 0.840. The van der Waals surface area contributed by atoms with Crippen LogP contribution in [0.3, 0.4) is 0 Å². The number of aromatic nitrogens is 2. The molecule has 5 heteroatoms. The number of rotatable bonds is 3. The summed E-state index contributed by atoms with van der Waals surface area (Å²) in [5.41, 5.74) is 0.931. The normalized spacial score (nSPS) is 10.5. The fourth-order valence-corrected chi connectivity index (χ4v) is 1.55. The maximum absolute atomic E-state index is 13.1. The molecule has 0 atom stereocenters. The molecule has 0 fully saturated rings. The lowest BCUT2D eigenvalue weighted by atomic mass is 10.2. The summed E-state index contributed by atoms with van der Waals surface area (Å²) in [5.74, 6) is 0.0198. The minimum absolute atomic E-state index is 0.246. The Morgan fingerprint density at radius 3 is 2.94 bits per heavy atom. The van der Waals surface area contributed by atoms with Crippen molar-refractivity contribution in [2.24, 2.45) is 0 Å². The number of halogens is 1. The Bertz CT molecular complexity index is 580. The smallest absolute Gasteiger partial charge is 0.251 e. The molecule has 0 saturated heterocycles. The maximum Gasteiger partial charge on any atom is 0.251 e. The highest BCUT2D eigenvalue weighted by Gasteiger charge is 2.04. The summed E-state index contributed by atoms with van der Waals surface area (Å²) in [4.78, 5) is 18.3. The molecule has 17 heavy (non-hydrogen) atoms. The van der Waals surface area contributed by atoms with E-state index in [1.807, 2.05) is 0 Å². The molecule has 0 saturated carbocycles. The number of hydrogen-bond acceptors (Lipinski definition) is 3. The van der Waals surface area contributed by atoms with E-state index in [4.69, 9.17) is 0 Å². The molecule has 2 aromatic rings. The minimum atomic E-state index is -0.357. The minimum Gasteiger partial charge on any atom is -0.314 e. The monoisotopic (exact) mass is 233 g/mol. The Morgan fingerprint density at radius 1 is 1.41 bits per heavy atom. The Morgan fingerprint density at radius 2 is 2.24 bits per heavy atom. The first kappa shape index (κ1) is 11.5. The first-order valence-electron chi connectivity index (χ1n) is 5.20. The number of aromatic amines is 1. The van der Waals surface area contributed by atoms with E-state index < -0.39 is 0 Å². The number of nitrogens with zero attached hydrogens (tertiary/aromatic N) is 1. The maximum atomic E-state index is 13.1. The molecule has 4 nitrogen and oxygen atoms in total. The SMILES string of the molecule is CNCc1cc(=O)[nH]c(-c2cccc(F)c2)n1. The van der Waals surface area contributed by atoms with Gasteiger partial charge in [-0.2, -0.15) is 0 Å². The Hall–Kier alpha value is -2.01. The summed E-state index contributed by atoms with van der Waals surface area (Å²) in [6.45, 7) is 0.492. The average Bonchev–Trinajstić information content (AvgIpc) is 2.28. The molecular weight excluding hydrogens is 221 g/mol. The highest BCUT2D eigenvalue weighted by molar-refractivity contribution is 5.54. The van der Waals surface area contributed by atoms with Gasteiger partial charge < -0.3 is 10.3 Å². The zero-order valence-corrected chi connectivity index (χ0v) is 9.33. The summed E-state index contributed by atoms with van der Waals surface area (Å²) >= 11 is 0. The molecule has 0 unspecified atom stereocenters. The van der Waals surface area contributed by atoms with Crippen molar-refractivity contribution in [1.29, 1.82) is 0 Å². The number of nitrogens with one attached hydrogen (secondary N) is 2. The van der Waals surface area contributed by atoms with Crippen LogP contribution in [-0.4, -0.2) is 17.0 Å². The highest BCUT2D eigenvalue weighted by Crippen LogP contribution is 2.14. The average molecular weight is 233 g/mol. The summed E-state index contributed by atoms with van der Waals surface area (Å²) in [7, 11) is 1.77.